The summed E-state index contributed by atoms with van der Waals surface area (Å²) in [6.45, 7) is 0.665. The summed E-state index contributed by atoms with van der Waals surface area (Å²) in [4.78, 5) is 8.15. The molecule has 1 aliphatic rings. The Bertz CT molecular complexity index is 561. The van der Waals surface area contributed by atoms with E-state index in [9.17, 15) is 0 Å². The SMILES string of the molecule is Nc1nc(OCC2CCCCCCC2)c2nn[nH]c2n1. The number of nitrogen functional groups attached to an aromatic ring is 1. The highest BCUT2D eigenvalue weighted by Gasteiger charge is 2.15. The van der Waals surface area contributed by atoms with Crippen molar-refractivity contribution >= 4 is 17.1 Å². The third-order valence-electron chi connectivity index (χ3n) is 3.86. The molecule has 2 aromatic heterocycles. The van der Waals surface area contributed by atoms with Gasteiger partial charge in [-0.15, -0.1) is 5.10 Å². The minimum Gasteiger partial charge on any atom is -0.476 e. The monoisotopic (exact) mass is 276 g/mol. The lowest BCUT2D eigenvalue weighted by molar-refractivity contribution is 0.214. The minimum absolute atomic E-state index is 0.177. The highest BCUT2D eigenvalue weighted by atomic mass is 16.5. The van der Waals surface area contributed by atoms with Gasteiger partial charge < -0.3 is 10.5 Å². The fourth-order valence-corrected chi connectivity index (χ4v) is 2.75. The molecule has 7 nitrogen and oxygen atoms in total. The summed E-state index contributed by atoms with van der Waals surface area (Å²) in [5.74, 6) is 1.20. The van der Waals surface area contributed by atoms with Crippen molar-refractivity contribution in [1.29, 1.82) is 0 Å². The lowest BCUT2D eigenvalue weighted by Gasteiger charge is -2.19. The maximum Gasteiger partial charge on any atom is 0.249 e. The summed E-state index contributed by atoms with van der Waals surface area (Å²) in [6, 6.07) is 0. The van der Waals surface area contributed by atoms with Crippen molar-refractivity contribution in [3.63, 3.8) is 0 Å². The van der Waals surface area contributed by atoms with Crippen LogP contribution in [0.15, 0.2) is 0 Å². The average molecular weight is 276 g/mol. The molecule has 1 saturated carbocycles. The maximum absolute atomic E-state index is 5.84. The Labute approximate surface area is 117 Å². The fraction of sp³-hybridized carbons (Fsp3) is 0.692. The summed E-state index contributed by atoms with van der Waals surface area (Å²) < 4.78 is 5.84. The number of fused-ring (bicyclic) bond motifs is 1. The van der Waals surface area contributed by atoms with Gasteiger partial charge in [-0.3, -0.25) is 0 Å². The summed E-state index contributed by atoms with van der Waals surface area (Å²) in [7, 11) is 0. The summed E-state index contributed by atoms with van der Waals surface area (Å²) in [5.41, 5.74) is 6.73. The highest BCUT2D eigenvalue weighted by molar-refractivity contribution is 5.75. The molecule has 3 N–H and O–H groups in total. The number of anilines is 1. The van der Waals surface area contributed by atoms with Crippen LogP contribution in [0.1, 0.15) is 44.9 Å². The molecule has 7 heteroatoms. The first-order chi connectivity index (χ1) is 9.83. The Hall–Kier alpha value is -1.92. The largest absolute Gasteiger partial charge is 0.476 e. The van der Waals surface area contributed by atoms with E-state index < -0.39 is 0 Å². The van der Waals surface area contributed by atoms with Gasteiger partial charge in [-0.1, -0.05) is 37.3 Å². The van der Waals surface area contributed by atoms with Gasteiger partial charge in [0.2, 0.25) is 11.8 Å². The van der Waals surface area contributed by atoms with E-state index in [1.54, 1.807) is 0 Å². The van der Waals surface area contributed by atoms with Crippen LogP contribution in [0.2, 0.25) is 0 Å². The minimum atomic E-state index is 0.177. The molecule has 1 fully saturated rings. The Morgan fingerprint density at radius 2 is 1.85 bits per heavy atom. The number of aromatic amines is 1. The van der Waals surface area contributed by atoms with Gasteiger partial charge >= 0.3 is 0 Å². The van der Waals surface area contributed by atoms with E-state index in [2.05, 4.69) is 25.4 Å². The molecule has 3 rings (SSSR count). The molecule has 0 radical (unpaired) electrons. The molecule has 0 spiro atoms. The number of aromatic nitrogens is 5. The molecule has 0 saturated heterocycles. The number of hydrogen-bond acceptors (Lipinski definition) is 6. The quantitative estimate of drug-likeness (QED) is 0.889. The normalized spacial score (nSPS) is 17.8. The number of ether oxygens (including phenoxy) is 1. The van der Waals surface area contributed by atoms with Crippen LogP contribution in [0.4, 0.5) is 5.95 Å². The van der Waals surface area contributed by atoms with Gasteiger partial charge in [0.15, 0.2) is 11.2 Å². The van der Waals surface area contributed by atoms with Gasteiger partial charge in [-0.2, -0.15) is 9.97 Å². The molecule has 0 atom stereocenters. The van der Waals surface area contributed by atoms with Crippen molar-refractivity contribution in [3.05, 3.63) is 0 Å². The molecule has 108 valence electrons. The van der Waals surface area contributed by atoms with Gasteiger partial charge in [0, 0.05) is 0 Å². The summed E-state index contributed by atoms with van der Waals surface area (Å²) in [6.07, 6.45) is 9.08. The Morgan fingerprint density at radius 3 is 2.65 bits per heavy atom. The highest BCUT2D eigenvalue weighted by Crippen LogP contribution is 2.25. The Morgan fingerprint density at radius 1 is 1.10 bits per heavy atom. The topological polar surface area (TPSA) is 103 Å². The zero-order valence-electron chi connectivity index (χ0n) is 11.5. The first kappa shape index (κ1) is 13.1. The van der Waals surface area contributed by atoms with Crippen molar-refractivity contribution in [3.8, 4) is 5.88 Å². The number of rotatable bonds is 3. The van der Waals surface area contributed by atoms with Gasteiger partial charge in [-0.25, -0.2) is 5.10 Å². The molecule has 20 heavy (non-hydrogen) atoms. The van der Waals surface area contributed by atoms with Gasteiger partial charge in [-0.05, 0) is 18.8 Å². The average Bonchev–Trinajstić information content (AvgIpc) is 2.85. The molecular weight excluding hydrogens is 256 g/mol. The van der Waals surface area contributed by atoms with Crippen LogP contribution in [0, 0.1) is 5.92 Å². The van der Waals surface area contributed by atoms with Crippen LogP contribution < -0.4 is 10.5 Å². The molecular formula is C13H20N6O. The van der Waals surface area contributed by atoms with Crippen molar-refractivity contribution in [2.24, 2.45) is 5.92 Å². The Kier molecular flexibility index (Phi) is 3.94. The third-order valence-corrected chi connectivity index (χ3v) is 3.86. The zero-order chi connectivity index (χ0) is 13.8. The van der Waals surface area contributed by atoms with Crippen LogP contribution in [0.5, 0.6) is 5.88 Å². The van der Waals surface area contributed by atoms with Gasteiger partial charge in [0.25, 0.3) is 0 Å². The number of hydrogen-bond donors (Lipinski definition) is 2. The molecule has 0 bridgehead atoms. The predicted octanol–water partition coefficient (Wildman–Crippen LogP) is 2.07. The molecule has 2 heterocycles. The number of nitrogens with one attached hydrogen (secondary N) is 1. The zero-order valence-corrected chi connectivity index (χ0v) is 11.5. The predicted molar refractivity (Wildman–Crippen MR) is 75.2 cm³/mol. The molecule has 2 aromatic rings. The van der Waals surface area contributed by atoms with E-state index >= 15 is 0 Å². The van der Waals surface area contributed by atoms with Crippen LogP contribution in [0.3, 0.4) is 0 Å². The molecule has 0 amide bonds. The van der Waals surface area contributed by atoms with Gasteiger partial charge in [0.1, 0.15) is 0 Å². The fourth-order valence-electron chi connectivity index (χ4n) is 2.75. The van der Waals surface area contributed by atoms with Crippen LogP contribution >= 0.6 is 0 Å². The molecule has 0 unspecified atom stereocenters. The van der Waals surface area contributed by atoms with Gasteiger partial charge in [0.05, 0.1) is 6.61 Å². The van der Waals surface area contributed by atoms with Crippen molar-refractivity contribution in [2.45, 2.75) is 44.9 Å². The van der Waals surface area contributed by atoms with Crippen LogP contribution in [0.25, 0.3) is 11.2 Å². The molecule has 0 aliphatic heterocycles. The van der Waals surface area contributed by atoms with E-state index in [0.717, 1.165) is 0 Å². The summed E-state index contributed by atoms with van der Waals surface area (Å²) >= 11 is 0. The van der Waals surface area contributed by atoms with E-state index in [4.69, 9.17) is 10.5 Å². The second kappa shape index (κ2) is 6.02. The third kappa shape index (κ3) is 2.97. The maximum atomic E-state index is 5.84. The molecule has 0 aromatic carbocycles. The second-order valence-corrected chi connectivity index (χ2v) is 5.42. The standard InChI is InChI=1S/C13H20N6O/c14-13-15-11-10(17-19-18-11)12(16-13)20-8-9-6-4-2-1-3-5-7-9/h9H,1-8H2,(H3,14,15,16,17,18,19). The van der Waals surface area contributed by atoms with Crippen molar-refractivity contribution < 1.29 is 4.74 Å². The van der Waals surface area contributed by atoms with Crippen LogP contribution in [-0.4, -0.2) is 32.0 Å². The first-order valence-corrected chi connectivity index (χ1v) is 7.30. The lowest BCUT2D eigenvalue weighted by Crippen LogP contribution is -2.14. The first-order valence-electron chi connectivity index (χ1n) is 7.30. The van der Waals surface area contributed by atoms with Crippen LogP contribution in [-0.2, 0) is 0 Å². The number of H-pyrrole nitrogens is 1. The number of nitrogens with two attached hydrogens (primary N) is 1. The second-order valence-electron chi connectivity index (χ2n) is 5.42. The van der Waals surface area contributed by atoms with E-state index in [1.165, 1.54) is 44.9 Å². The number of nitrogens with zero attached hydrogens (tertiary/aromatic N) is 4. The van der Waals surface area contributed by atoms with E-state index in [0.29, 0.717) is 29.6 Å². The Balaban J connectivity index is 1.68. The van der Waals surface area contributed by atoms with E-state index in [-0.39, 0.29) is 5.95 Å². The summed E-state index contributed by atoms with van der Waals surface area (Å²) in [5, 5.41) is 10.3. The lowest BCUT2D eigenvalue weighted by atomic mass is 9.92. The molecule has 1 aliphatic carbocycles. The van der Waals surface area contributed by atoms with Crippen molar-refractivity contribution in [2.75, 3.05) is 12.3 Å². The van der Waals surface area contributed by atoms with Crippen molar-refractivity contribution in [1.82, 2.24) is 25.4 Å². The van der Waals surface area contributed by atoms with E-state index in [1.807, 2.05) is 0 Å². The smallest absolute Gasteiger partial charge is 0.249 e.